The summed E-state index contributed by atoms with van der Waals surface area (Å²) in [4.78, 5) is 23.2. The molecule has 7 heteroatoms. The van der Waals surface area contributed by atoms with Gasteiger partial charge in [-0.1, -0.05) is 207 Å². The number of methoxy groups -OCH3 is 1. The molecule has 0 aliphatic rings. The Morgan fingerprint density at radius 2 is 0.905 bits per heavy atom. The van der Waals surface area contributed by atoms with Crippen LogP contribution in [0, 0.1) is 0 Å². The van der Waals surface area contributed by atoms with Gasteiger partial charge in [0.1, 0.15) is 12.4 Å². The fourth-order valence-electron chi connectivity index (χ4n) is 8.21. The van der Waals surface area contributed by atoms with Crippen LogP contribution in [0.5, 0.6) is 0 Å². The van der Waals surface area contributed by atoms with Gasteiger partial charge in [0.15, 0.2) is 0 Å². The number of nitrogens with one attached hydrogen (secondary N) is 2. The van der Waals surface area contributed by atoms with Gasteiger partial charge in [-0.05, 0) is 89.6 Å². The minimum absolute atomic E-state index is 0.152. The zero-order chi connectivity index (χ0) is 46.5. The molecule has 7 nitrogen and oxygen atoms in total. The number of hydrogen-bond donors (Lipinski definition) is 2. The van der Waals surface area contributed by atoms with Crippen molar-refractivity contribution in [1.29, 1.82) is 0 Å². The first-order chi connectivity index (χ1) is 31.0. The molecule has 1 unspecified atom stereocenters. The zero-order valence-electron chi connectivity index (χ0n) is 43.3. The van der Waals surface area contributed by atoms with Gasteiger partial charge in [-0.2, -0.15) is 0 Å². The Balaban J connectivity index is 0. The van der Waals surface area contributed by atoms with Crippen molar-refractivity contribution in [2.24, 2.45) is 0 Å². The fraction of sp³-hybridized carbons (Fsp3) is 0.857. The van der Waals surface area contributed by atoms with Gasteiger partial charge < -0.3 is 29.8 Å². The Hall–Kier alpha value is -2.12. The first-order valence-corrected chi connectivity index (χ1v) is 27.3. The highest BCUT2D eigenvalue weighted by Gasteiger charge is 2.08. The van der Waals surface area contributed by atoms with Crippen LogP contribution in [0.3, 0.4) is 0 Å². The predicted octanol–water partition coefficient (Wildman–Crippen LogP) is 16.9. The van der Waals surface area contributed by atoms with Crippen molar-refractivity contribution in [1.82, 2.24) is 4.90 Å². The third-order valence-electron chi connectivity index (χ3n) is 12.5. The van der Waals surface area contributed by atoms with Crippen LogP contribution in [0.4, 0.5) is 11.4 Å². The summed E-state index contributed by atoms with van der Waals surface area (Å²) in [6.45, 7) is 16.3. The molecule has 0 aliphatic heterocycles. The average molecular weight is 889 g/mol. The number of carbonyl (C=O) groups excluding carboxylic acids is 2. The van der Waals surface area contributed by atoms with Gasteiger partial charge in [-0.3, -0.25) is 4.79 Å². The molecule has 0 aromatic heterocycles. The summed E-state index contributed by atoms with van der Waals surface area (Å²) in [6, 6.07) is 8.41. The molecule has 0 radical (unpaired) electrons. The number of hydrogen-bond acceptors (Lipinski definition) is 7. The molecule has 1 atom stereocenters. The zero-order valence-corrected chi connectivity index (χ0v) is 43.3. The third-order valence-corrected chi connectivity index (χ3v) is 12.5. The molecule has 0 fully saturated rings. The van der Waals surface area contributed by atoms with E-state index in [0.717, 1.165) is 44.2 Å². The molecule has 63 heavy (non-hydrogen) atoms. The summed E-state index contributed by atoms with van der Waals surface area (Å²) in [7, 11) is 3.86. The van der Waals surface area contributed by atoms with Gasteiger partial charge in [-0.15, -0.1) is 0 Å². The SMILES string of the molecule is CCCCCCCCC(CC)OC=O.CCCCCCCCC(CCCCCCCC)OC.CCCCCCCCN(CCCCCCCC=O)CCCNc1ccccc1NC. The molecule has 0 saturated heterocycles. The molecule has 0 amide bonds. The molecule has 1 aromatic carbocycles. The minimum atomic E-state index is 0.152. The summed E-state index contributed by atoms with van der Waals surface area (Å²) in [5, 5.41) is 6.84. The summed E-state index contributed by atoms with van der Waals surface area (Å²) in [6.07, 6.45) is 46.9. The Morgan fingerprint density at radius 3 is 1.32 bits per heavy atom. The molecule has 0 spiro atoms. The van der Waals surface area contributed by atoms with E-state index in [4.69, 9.17) is 9.47 Å². The lowest BCUT2D eigenvalue weighted by molar-refractivity contribution is -0.134. The highest BCUT2D eigenvalue weighted by molar-refractivity contribution is 5.68. The van der Waals surface area contributed by atoms with Crippen LogP contribution in [0.25, 0.3) is 0 Å². The van der Waals surface area contributed by atoms with E-state index in [9.17, 15) is 9.59 Å². The van der Waals surface area contributed by atoms with Crippen LogP contribution in [0.1, 0.15) is 259 Å². The van der Waals surface area contributed by atoms with Crippen LogP contribution in [0.2, 0.25) is 0 Å². The summed E-state index contributed by atoms with van der Waals surface area (Å²) in [5.74, 6) is 0. The van der Waals surface area contributed by atoms with Crippen molar-refractivity contribution in [2.75, 3.05) is 51.0 Å². The van der Waals surface area contributed by atoms with E-state index >= 15 is 0 Å². The Kier molecular flexibility index (Phi) is 54.2. The summed E-state index contributed by atoms with van der Waals surface area (Å²) in [5.41, 5.74) is 2.36. The predicted molar refractivity (Wildman–Crippen MR) is 279 cm³/mol. The normalized spacial score (nSPS) is 11.4. The minimum Gasteiger partial charge on any atom is -0.465 e. The van der Waals surface area contributed by atoms with E-state index < -0.39 is 0 Å². The van der Waals surface area contributed by atoms with Crippen molar-refractivity contribution >= 4 is 24.1 Å². The monoisotopic (exact) mass is 888 g/mol. The van der Waals surface area contributed by atoms with Crippen LogP contribution >= 0.6 is 0 Å². The molecular weight excluding hydrogens is 779 g/mol. The van der Waals surface area contributed by atoms with Crippen molar-refractivity contribution in [3.63, 3.8) is 0 Å². The summed E-state index contributed by atoms with van der Waals surface area (Å²) >= 11 is 0. The van der Waals surface area contributed by atoms with E-state index in [1.54, 1.807) is 0 Å². The van der Waals surface area contributed by atoms with Gasteiger partial charge in [-0.25, -0.2) is 0 Å². The van der Waals surface area contributed by atoms with Crippen LogP contribution in [-0.4, -0.2) is 70.2 Å². The number of carbonyl (C=O) groups is 2. The van der Waals surface area contributed by atoms with E-state index in [2.05, 4.69) is 74.4 Å². The maximum atomic E-state index is 10.4. The van der Waals surface area contributed by atoms with Gasteiger partial charge in [0.2, 0.25) is 0 Å². The van der Waals surface area contributed by atoms with E-state index in [1.165, 1.54) is 224 Å². The number of nitrogens with zero attached hydrogens (tertiary/aromatic N) is 1. The van der Waals surface area contributed by atoms with Crippen molar-refractivity contribution < 1.29 is 19.1 Å². The smallest absolute Gasteiger partial charge is 0.293 e. The number of para-hydroxylation sites is 2. The first-order valence-electron chi connectivity index (χ1n) is 27.3. The number of benzene rings is 1. The molecule has 0 aliphatic carbocycles. The highest BCUT2D eigenvalue weighted by Crippen LogP contribution is 2.20. The molecule has 1 aromatic rings. The molecular formula is C56H109N3O4. The van der Waals surface area contributed by atoms with Crippen LogP contribution in [0.15, 0.2) is 24.3 Å². The second kappa shape index (κ2) is 54.2. The van der Waals surface area contributed by atoms with Gasteiger partial charge in [0, 0.05) is 27.1 Å². The Morgan fingerprint density at radius 1 is 0.508 bits per heavy atom. The number of unbranched alkanes of at least 4 members (excludes halogenated alkanes) is 25. The quantitative estimate of drug-likeness (QED) is 0.0499. The standard InChI is InChI=1S/C26H47N3O.C18H38O.C12H24O2/c1-3-4-5-6-9-14-21-29(22-15-10-7-8-11-16-24-30)23-17-20-28-26-19-13-12-18-25(26)27-2;1-4-6-8-10-12-14-16-18(19-3)17-15-13-11-9-7-5-2;1-3-5-6-7-8-9-10-12(4-2)14-11-13/h12-13,18-19,24,27-28H,3-11,14-17,20-23H2,1-2H3;18H,4-17H2,1-3H3;11-12H,3-10H2,1-2H3. The first kappa shape index (κ1) is 63.0. The maximum Gasteiger partial charge on any atom is 0.293 e. The lowest BCUT2D eigenvalue weighted by Crippen LogP contribution is -2.28. The second-order valence-electron chi connectivity index (χ2n) is 18.2. The van der Waals surface area contributed by atoms with E-state index in [-0.39, 0.29) is 6.10 Å². The summed E-state index contributed by atoms with van der Waals surface area (Å²) < 4.78 is 10.5. The van der Waals surface area contributed by atoms with E-state index in [1.807, 2.05) is 14.2 Å². The molecule has 372 valence electrons. The molecule has 2 N–H and O–H groups in total. The Bertz CT molecular complexity index is 1010. The van der Waals surface area contributed by atoms with E-state index in [0.29, 0.717) is 12.6 Å². The topological polar surface area (TPSA) is 79.9 Å². The molecule has 0 heterocycles. The van der Waals surface area contributed by atoms with Crippen molar-refractivity contribution in [3.8, 4) is 0 Å². The third kappa shape index (κ3) is 46.2. The number of anilines is 2. The van der Waals surface area contributed by atoms with Crippen molar-refractivity contribution in [2.45, 2.75) is 272 Å². The highest BCUT2D eigenvalue weighted by atomic mass is 16.5. The average Bonchev–Trinajstić information content (AvgIpc) is 3.31. The molecule has 1 rings (SSSR count). The lowest BCUT2D eigenvalue weighted by Gasteiger charge is -2.23. The fourth-order valence-corrected chi connectivity index (χ4v) is 8.21. The van der Waals surface area contributed by atoms with Crippen molar-refractivity contribution in [3.05, 3.63) is 24.3 Å². The number of ether oxygens (including phenoxy) is 2. The largest absolute Gasteiger partial charge is 0.465 e. The molecule has 0 bridgehead atoms. The number of aldehydes is 1. The number of rotatable bonds is 46. The second-order valence-corrected chi connectivity index (χ2v) is 18.2. The Labute approximate surface area is 393 Å². The maximum absolute atomic E-state index is 10.4. The molecule has 0 saturated carbocycles. The van der Waals surface area contributed by atoms with Crippen LogP contribution < -0.4 is 10.6 Å². The van der Waals surface area contributed by atoms with Gasteiger partial charge >= 0.3 is 0 Å². The van der Waals surface area contributed by atoms with Gasteiger partial charge in [0.05, 0.1) is 17.5 Å². The lowest BCUT2D eigenvalue weighted by atomic mass is 10.0. The van der Waals surface area contributed by atoms with Crippen LogP contribution in [-0.2, 0) is 19.1 Å². The van der Waals surface area contributed by atoms with Gasteiger partial charge in [0.25, 0.3) is 6.47 Å².